The first kappa shape index (κ1) is 9.40. The quantitative estimate of drug-likeness (QED) is 0.770. The second-order valence-corrected chi connectivity index (χ2v) is 4.16. The topological polar surface area (TPSA) is 30.7 Å². The summed E-state index contributed by atoms with van der Waals surface area (Å²) in [5, 5.41) is 0. The molecular weight excluding hydrogens is 194 g/mol. The molecule has 0 radical (unpaired) electrons. The minimum Gasteiger partial charge on any atom is -0.330 e. The van der Waals surface area contributed by atoms with Crippen molar-refractivity contribution in [2.24, 2.45) is 0 Å². The van der Waals surface area contributed by atoms with Gasteiger partial charge in [-0.1, -0.05) is 6.92 Å². The molecule has 0 aliphatic carbocycles. The molecule has 2 aromatic rings. The van der Waals surface area contributed by atoms with Crippen molar-refractivity contribution >= 4 is 11.3 Å². The number of imidazole rings is 1. The van der Waals surface area contributed by atoms with Gasteiger partial charge in [-0.3, -0.25) is 4.98 Å². The van der Waals surface area contributed by atoms with E-state index in [9.17, 15) is 0 Å². The Bertz CT molecular complexity index is 378. The average molecular weight is 207 g/mol. The number of hydrogen-bond acceptors (Lipinski definition) is 3. The molecule has 0 aliphatic heterocycles. The van der Waals surface area contributed by atoms with Crippen molar-refractivity contribution in [3.8, 4) is 0 Å². The van der Waals surface area contributed by atoms with Crippen LogP contribution in [0.5, 0.6) is 0 Å². The summed E-state index contributed by atoms with van der Waals surface area (Å²) in [5.74, 6) is 1.17. The van der Waals surface area contributed by atoms with Crippen molar-refractivity contribution in [1.29, 1.82) is 0 Å². The van der Waals surface area contributed by atoms with E-state index < -0.39 is 0 Å². The third-order valence-corrected chi connectivity index (χ3v) is 2.85. The Hall–Kier alpha value is -1.16. The normalized spacial score (nSPS) is 10.6. The van der Waals surface area contributed by atoms with Gasteiger partial charge in [0.05, 0.1) is 12.1 Å². The van der Waals surface area contributed by atoms with Crippen LogP contribution in [-0.4, -0.2) is 14.5 Å². The molecule has 0 fully saturated rings. The van der Waals surface area contributed by atoms with Gasteiger partial charge in [0.2, 0.25) is 0 Å². The number of nitrogens with zero attached hydrogens (tertiary/aromatic N) is 3. The van der Waals surface area contributed by atoms with Crippen LogP contribution in [0.15, 0.2) is 24.1 Å². The molecule has 74 valence electrons. The molecular formula is C10H13N3S. The van der Waals surface area contributed by atoms with Gasteiger partial charge < -0.3 is 4.57 Å². The first-order valence-electron chi connectivity index (χ1n) is 4.77. The maximum Gasteiger partial charge on any atom is 0.108 e. The summed E-state index contributed by atoms with van der Waals surface area (Å²) >= 11 is 1.69. The Balaban J connectivity index is 2.12. The van der Waals surface area contributed by atoms with Gasteiger partial charge in [0, 0.05) is 29.9 Å². The van der Waals surface area contributed by atoms with Gasteiger partial charge in [-0.2, -0.15) is 0 Å². The molecule has 0 unspecified atom stereocenters. The molecule has 14 heavy (non-hydrogen) atoms. The molecule has 2 rings (SSSR count). The Morgan fingerprint density at radius 2 is 2.43 bits per heavy atom. The van der Waals surface area contributed by atoms with Crippen molar-refractivity contribution in [3.63, 3.8) is 0 Å². The van der Waals surface area contributed by atoms with Gasteiger partial charge in [0.15, 0.2) is 0 Å². The summed E-state index contributed by atoms with van der Waals surface area (Å²) in [5.41, 5.74) is 1.87. The molecule has 0 saturated carbocycles. The molecule has 0 spiro atoms. The highest BCUT2D eigenvalue weighted by atomic mass is 32.1. The fourth-order valence-corrected chi connectivity index (χ4v) is 2.02. The number of hydrogen-bond donors (Lipinski definition) is 0. The van der Waals surface area contributed by atoms with Gasteiger partial charge in [-0.25, -0.2) is 4.98 Å². The van der Waals surface area contributed by atoms with E-state index in [2.05, 4.69) is 21.5 Å². The average Bonchev–Trinajstić information content (AvgIpc) is 2.80. The van der Waals surface area contributed by atoms with Crippen LogP contribution in [0.1, 0.15) is 24.0 Å². The predicted octanol–water partition coefficient (Wildman–Crippen LogP) is 2.34. The van der Waals surface area contributed by atoms with Crippen molar-refractivity contribution in [3.05, 3.63) is 34.8 Å². The third kappa shape index (κ3) is 2.01. The van der Waals surface area contributed by atoms with Gasteiger partial charge in [0.1, 0.15) is 5.82 Å². The fourth-order valence-electron chi connectivity index (χ4n) is 1.42. The van der Waals surface area contributed by atoms with Crippen LogP contribution in [0.2, 0.25) is 0 Å². The van der Waals surface area contributed by atoms with E-state index in [0.717, 1.165) is 19.4 Å². The summed E-state index contributed by atoms with van der Waals surface area (Å²) < 4.78 is 2.19. The van der Waals surface area contributed by atoms with Gasteiger partial charge >= 0.3 is 0 Å². The van der Waals surface area contributed by atoms with E-state index in [4.69, 9.17) is 0 Å². The standard InChI is InChI=1S/C10H13N3S/c1-2-3-10-12-4-5-13(10)7-9-6-11-8-14-9/h4-6,8H,2-3,7H2,1H3. The summed E-state index contributed by atoms with van der Waals surface area (Å²) in [6.07, 6.45) is 8.00. The lowest BCUT2D eigenvalue weighted by atomic mass is 10.3. The lowest BCUT2D eigenvalue weighted by Crippen LogP contribution is -2.02. The Kier molecular flexibility index (Phi) is 2.93. The molecule has 2 aromatic heterocycles. The maximum absolute atomic E-state index is 4.33. The molecule has 4 heteroatoms. The largest absolute Gasteiger partial charge is 0.330 e. The van der Waals surface area contributed by atoms with Crippen LogP contribution in [-0.2, 0) is 13.0 Å². The van der Waals surface area contributed by atoms with Crippen molar-refractivity contribution in [2.75, 3.05) is 0 Å². The summed E-state index contributed by atoms with van der Waals surface area (Å²) in [4.78, 5) is 9.67. The van der Waals surface area contributed by atoms with Crippen LogP contribution in [0.25, 0.3) is 0 Å². The molecule has 0 bridgehead atoms. The third-order valence-electron chi connectivity index (χ3n) is 2.08. The van der Waals surface area contributed by atoms with Crippen LogP contribution in [0.3, 0.4) is 0 Å². The van der Waals surface area contributed by atoms with E-state index in [1.165, 1.54) is 10.7 Å². The second-order valence-electron chi connectivity index (χ2n) is 3.19. The number of rotatable bonds is 4. The maximum atomic E-state index is 4.33. The highest BCUT2D eigenvalue weighted by molar-refractivity contribution is 7.09. The lowest BCUT2D eigenvalue weighted by Gasteiger charge is -2.04. The molecule has 0 aliphatic rings. The van der Waals surface area contributed by atoms with Crippen molar-refractivity contribution in [2.45, 2.75) is 26.3 Å². The van der Waals surface area contributed by atoms with Crippen molar-refractivity contribution < 1.29 is 0 Å². The first-order valence-corrected chi connectivity index (χ1v) is 5.65. The van der Waals surface area contributed by atoms with E-state index in [0.29, 0.717) is 0 Å². The molecule has 0 saturated heterocycles. The van der Waals surface area contributed by atoms with E-state index in [1.54, 1.807) is 11.3 Å². The van der Waals surface area contributed by atoms with Gasteiger partial charge in [-0.15, -0.1) is 11.3 Å². The van der Waals surface area contributed by atoms with Crippen molar-refractivity contribution in [1.82, 2.24) is 14.5 Å². The van der Waals surface area contributed by atoms with Crippen LogP contribution in [0, 0.1) is 0 Å². The first-order chi connectivity index (χ1) is 6.90. The highest BCUT2D eigenvalue weighted by Gasteiger charge is 2.02. The zero-order chi connectivity index (χ0) is 9.80. The highest BCUT2D eigenvalue weighted by Crippen LogP contribution is 2.10. The molecule has 0 atom stereocenters. The Morgan fingerprint density at radius 1 is 1.50 bits per heavy atom. The van der Waals surface area contributed by atoms with E-state index in [-0.39, 0.29) is 0 Å². The lowest BCUT2D eigenvalue weighted by molar-refractivity contribution is 0.710. The van der Waals surface area contributed by atoms with Crippen LogP contribution in [0.4, 0.5) is 0 Å². The second kappa shape index (κ2) is 4.37. The molecule has 0 N–H and O–H groups in total. The Labute approximate surface area is 87.4 Å². The smallest absolute Gasteiger partial charge is 0.108 e. The predicted molar refractivity (Wildman–Crippen MR) is 57.4 cm³/mol. The summed E-state index contributed by atoms with van der Waals surface area (Å²) in [7, 11) is 0. The number of thiazole rings is 1. The summed E-state index contributed by atoms with van der Waals surface area (Å²) in [6, 6.07) is 0. The molecule has 2 heterocycles. The summed E-state index contributed by atoms with van der Waals surface area (Å²) in [6.45, 7) is 3.08. The van der Waals surface area contributed by atoms with E-state index in [1.807, 2.05) is 24.1 Å². The number of aromatic nitrogens is 3. The van der Waals surface area contributed by atoms with Gasteiger partial charge in [0.25, 0.3) is 0 Å². The molecule has 0 aromatic carbocycles. The molecule has 0 amide bonds. The van der Waals surface area contributed by atoms with Crippen LogP contribution >= 0.6 is 11.3 Å². The van der Waals surface area contributed by atoms with Crippen LogP contribution < -0.4 is 0 Å². The minimum atomic E-state index is 0.903. The monoisotopic (exact) mass is 207 g/mol. The zero-order valence-electron chi connectivity index (χ0n) is 8.18. The SMILES string of the molecule is CCCc1nccn1Cc1cncs1. The minimum absolute atomic E-state index is 0.903. The Morgan fingerprint density at radius 3 is 3.14 bits per heavy atom. The fraction of sp³-hybridized carbons (Fsp3) is 0.400. The zero-order valence-corrected chi connectivity index (χ0v) is 9.00. The van der Waals surface area contributed by atoms with Gasteiger partial charge in [-0.05, 0) is 6.42 Å². The number of aryl methyl sites for hydroxylation is 1. The molecule has 3 nitrogen and oxygen atoms in total. The van der Waals surface area contributed by atoms with E-state index >= 15 is 0 Å².